The van der Waals surface area contributed by atoms with Gasteiger partial charge in [-0.3, -0.25) is 4.79 Å². The average Bonchev–Trinajstić information content (AvgIpc) is 3.03. The molecule has 0 saturated heterocycles. The average molecular weight is 474 g/mol. The Hall–Kier alpha value is -2.19. The second-order valence-corrected chi connectivity index (χ2v) is 7.94. The number of benzene rings is 2. The molecule has 152 valence electrons. The Morgan fingerprint density at radius 3 is 2.28 bits per heavy atom. The van der Waals surface area contributed by atoms with E-state index in [9.17, 15) is 4.79 Å². The summed E-state index contributed by atoms with van der Waals surface area (Å²) in [5, 5.41) is 5.68. The second-order valence-electron chi connectivity index (χ2n) is 5.66. The molecule has 0 aliphatic carbocycles. The summed E-state index contributed by atoms with van der Waals surface area (Å²) in [7, 11) is 4.55. The Morgan fingerprint density at radius 1 is 1.03 bits per heavy atom. The standard InChI is InChI=1S/C19H15Cl3N2O4S/c1-26-12-4-9(5-13(27-2)17(12)28-3)8-23-24-19(25)18-16(22)15-11(21)6-10(20)7-14(15)29-18/h4-8H,1-3H3,(H,24,25)/b23-8+. The Morgan fingerprint density at radius 2 is 1.69 bits per heavy atom. The van der Waals surface area contributed by atoms with Crippen LogP contribution >= 0.6 is 46.1 Å². The highest BCUT2D eigenvalue weighted by atomic mass is 35.5. The molecule has 0 aliphatic heterocycles. The van der Waals surface area contributed by atoms with E-state index in [1.807, 2.05) is 0 Å². The largest absolute Gasteiger partial charge is 0.493 e. The van der Waals surface area contributed by atoms with Crippen LogP contribution in [0, 0.1) is 0 Å². The molecule has 0 radical (unpaired) electrons. The van der Waals surface area contributed by atoms with E-state index in [-0.39, 0.29) is 9.90 Å². The number of nitrogens with one attached hydrogen (secondary N) is 1. The minimum Gasteiger partial charge on any atom is -0.493 e. The monoisotopic (exact) mass is 472 g/mol. The van der Waals surface area contributed by atoms with E-state index in [2.05, 4.69) is 10.5 Å². The van der Waals surface area contributed by atoms with Crippen LogP contribution in [-0.2, 0) is 0 Å². The Kier molecular flexibility index (Phi) is 6.74. The zero-order valence-electron chi connectivity index (χ0n) is 15.5. The van der Waals surface area contributed by atoms with Crippen molar-refractivity contribution in [3.63, 3.8) is 0 Å². The van der Waals surface area contributed by atoms with Crippen molar-refractivity contribution < 1.29 is 19.0 Å². The quantitative estimate of drug-likeness (QED) is 0.371. The highest BCUT2D eigenvalue weighted by Gasteiger charge is 2.19. The molecule has 0 atom stereocenters. The second kappa shape index (κ2) is 9.09. The molecule has 6 nitrogen and oxygen atoms in total. The van der Waals surface area contributed by atoms with E-state index in [0.29, 0.717) is 42.9 Å². The molecule has 1 heterocycles. The van der Waals surface area contributed by atoms with E-state index in [1.165, 1.54) is 38.9 Å². The number of carbonyl (C=O) groups is 1. The molecule has 0 spiro atoms. The fraction of sp³-hybridized carbons (Fsp3) is 0.158. The summed E-state index contributed by atoms with van der Waals surface area (Å²) in [5.41, 5.74) is 3.09. The van der Waals surface area contributed by atoms with Crippen LogP contribution in [0.2, 0.25) is 15.1 Å². The molecule has 1 amide bonds. The van der Waals surface area contributed by atoms with Crippen LogP contribution < -0.4 is 19.6 Å². The third-order valence-electron chi connectivity index (χ3n) is 3.92. The van der Waals surface area contributed by atoms with E-state index in [0.717, 1.165) is 0 Å². The molecule has 0 saturated carbocycles. The van der Waals surface area contributed by atoms with Gasteiger partial charge in [0.25, 0.3) is 5.91 Å². The van der Waals surface area contributed by atoms with Crippen LogP contribution in [0.5, 0.6) is 17.2 Å². The summed E-state index contributed by atoms with van der Waals surface area (Å²) in [6.45, 7) is 0. The molecule has 3 rings (SSSR count). The van der Waals surface area contributed by atoms with Crippen molar-refractivity contribution in [1.29, 1.82) is 0 Å². The van der Waals surface area contributed by atoms with Gasteiger partial charge in [-0.15, -0.1) is 11.3 Å². The molecular weight excluding hydrogens is 459 g/mol. The number of hydrogen-bond acceptors (Lipinski definition) is 6. The van der Waals surface area contributed by atoms with Gasteiger partial charge >= 0.3 is 0 Å². The Labute approximate surface area is 185 Å². The van der Waals surface area contributed by atoms with Crippen LogP contribution in [0.4, 0.5) is 0 Å². The van der Waals surface area contributed by atoms with Crippen molar-refractivity contribution in [2.45, 2.75) is 0 Å². The lowest BCUT2D eigenvalue weighted by molar-refractivity contribution is 0.0959. The van der Waals surface area contributed by atoms with E-state index < -0.39 is 5.91 Å². The number of halogens is 3. The van der Waals surface area contributed by atoms with Gasteiger partial charge in [-0.2, -0.15) is 5.10 Å². The number of carbonyl (C=O) groups excluding carboxylic acids is 1. The first-order valence-corrected chi connectivity index (χ1v) is 10.0. The van der Waals surface area contributed by atoms with Gasteiger partial charge in [-0.1, -0.05) is 34.8 Å². The predicted octanol–water partition coefficient (Wildman–Crippen LogP) is 5.65. The number of methoxy groups -OCH3 is 3. The van der Waals surface area contributed by atoms with Crippen LogP contribution in [0.25, 0.3) is 10.1 Å². The summed E-state index contributed by atoms with van der Waals surface area (Å²) in [6, 6.07) is 6.68. The van der Waals surface area contributed by atoms with Crippen molar-refractivity contribution in [2.24, 2.45) is 5.10 Å². The van der Waals surface area contributed by atoms with Crippen LogP contribution in [-0.4, -0.2) is 33.5 Å². The van der Waals surface area contributed by atoms with Crippen molar-refractivity contribution in [1.82, 2.24) is 5.43 Å². The summed E-state index contributed by atoms with van der Waals surface area (Å²) in [6.07, 6.45) is 1.45. The molecule has 1 N–H and O–H groups in total. The fourth-order valence-corrected chi connectivity index (χ4v) is 4.92. The van der Waals surface area contributed by atoms with Gasteiger partial charge in [-0.05, 0) is 24.3 Å². The third-order valence-corrected chi connectivity index (χ3v) is 6.06. The normalized spacial score (nSPS) is 11.1. The highest BCUT2D eigenvalue weighted by molar-refractivity contribution is 7.21. The Balaban J connectivity index is 1.84. The van der Waals surface area contributed by atoms with E-state index in [4.69, 9.17) is 49.0 Å². The van der Waals surface area contributed by atoms with E-state index in [1.54, 1.807) is 24.3 Å². The number of hydrazone groups is 1. The van der Waals surface area contributed by atoms with Gasteiger partial charge in [0.05, 0.1) is 37.6 Å². The molecule has 0 aliphatic rings. The highest BCUT2D eigenvalue weighted by Crippen LogP contribution is 2.41. The molecule has 1 aromatic heterocycles. The van der Waals surface area contributed by atoms with Crippen molar-refractivity contribution in [3.05, 3.63) is 49.8 Å². The molecular formula is C19H15Cl3N2O4S. The van der Waals surface area contributed by atoms with Gasteiger partial charge in [0.1, 0.15) is 4.88 Å². The lowest BCUT2D eigenvalue weighted by Gasteiger charge is -2.12. The maximum absolute atomic E-state index is 12.5. The number of fused-ring (bicyclic) bond motifs is 1. The van der Waals surface area contributed by atoms with Crippen molar-refractivity contribution >= 4 is 68.3 Å². The summed E-state index contributed by atoms with van der Waals surface area (Å²) >= 11 is 19.7. The van der Waals surface area contributed by atoms with Gasteiger partial charge in [0.2, 0.25) is 5.75 Å². The smallest absolute Gasteiger partial charge is 0.283 e. The molecule has 0 bridgehead atoms. The predicted molar refractivity (Wildman–Crippen MR) is 118 cm³/mol. The number of ether oxygens (including phenoxy) is 3. The van der Waals surface area contributed by atoms with E-state index >= 15 is 0 Å². The number of amides is 1. The molecule has 0 fully saturated rings. The molecule has 29 heavy (non-hydrogen) atoms. The number of hydrogen-bond donors (Lipinski definition) is 1. The maximum atomic E-state index is 12.5. The van der Waals surface area contributed by atoms with Crippen LogP contribution in [0.3, 0.4) is 0 Å². The molecule has 0 unspecified atom stereocenters. The number of nitrogens with zero attached hydrogens (tertiary/aromatic N) is 1. The third kappa shape index (κ3) is 4.38. The SMILES string of the molecule is COc1cc(/C=N/NC(=O)c2sc3cc(Cl)cc(Cl)c3c2Cl)cc(OC)c1OC. The first-order valence-electron chi connectivity index (χ1n) is 8.10. The molecule has 2 aromatic carbocycles. The molecule has 3 aromatic rings. The number of rotatable bonds is 6. The van der Waals surface area contributed by atoms with Crippen molar-refractivity contribution in [2.75, 3.05) is 21.3 Å². The summed E-state index contributed by atoms with van der Waals surface area (Å²) < 4.78 is 16.6. The van der Waals surface area contributed by atoms with Crippen molar-refractivity contribution in [3.8, 4) is 17.2 Å². The molecule has 10 heteroatoms. The lowest BCUT2D eigenvalue weighted by atomic mass is 10.2. The van der Waals surface area contributed by atoms with Gasteiger partial charge < -0.3 is 14.2 Å². The lowest BCUT2D eigenvalue weighted by Crippen LogP contribution is -2.16. The Bertz CT molecular complexity index is 1090. The minimum atomic E-state index is -0.466. The zero-order valence-corrected chi connectivity index (χ0v) is 18.6. The van der Waals surface area contributed by atoms with Crippen LogP contribution in [0.1, 0.15) is 15.2 Å². The number of thiophene rings is 1. The van der Waals surface area contributed by atoms with Gasteiger partial charge in [0, 0.05) is 20.7 Å². The fourth-order valence-electron chi connectivity index (χ4n) is 2.65. The summed E-state index contributed by atoms with van der Waals surface area (Å²) in [4.78, 5) is 12.8. The van der Waals surface area contributed by atoms with Crippen LogP contribution in [0.15, 0.2) is 29.4 Å². The topological polar surface area (TPSA) is 69.2 Å². The van der Waals surface area contributed by atoms with Gasteiger partial charge in [-0.25, -0.2) is 5.43 Å². The first kappa shape index (κ1) is 21.5. The minimum absolute atomic E-state index is 0.257. The maximum Gasteiger partial charge on any atom is 0.283 e. The summed E-state index contributed by atoms with van der Waals surface area (Å²) in [5.74, 6) is 0.938. The first-order chi connectivity index (χ1) is 13.9. The zero-order chi connectivity index (χ0) is 21.1. The van der Waals surface area contributed by atoms with Gasteiger partial charge in [0.15, 0.2) is 11.5 Å².